The molecule has 2 aromatic carbocycles. The van der Waals surface area contributed by atoms with E-state index in [1.165, 1.54) is 17.5 Å². The van der Waals surface area contributed by atoms with Gasteiger partial charge >= 0.3 is 0 Å². The van der Waals surface area contributed by atoms with Gasteiger partial charge in [0.15, 0.2) is 0 Å². The highest BCUT2D eigenvalue weighted by atomic mass is 32.2. The van der Waals surface area contributed by atoms with Gasteiger partial charge < -0.3 is 10.0 Å². The predicted octanol–water partition coefficient (Wildman–Crippen LogP) is 6.02. The Labute approximate surface area is 177 Å². The summed E-state index contributed by atoms with van der Waals surface area (Å²) in [7, 11) is 0. The van der Waals surface area contributed by atoms with E-state index in [2.05, 4.69) is 54.0 Å². The molecule has 0 aliphatic rings. The topological polar surface area (TPSA) is 54.0 Å². The van der Waals surface area contributed by atoms with E-state index in [1.807, 2.05) is 50.6 Å². The van der Waals surface area contributed by atoms with Crippen molar-refractivity contribution in [1.82, 2.24) is 10.3 Å². The van der Waals surface area contributed by atoms with Crippen LogP contribution in [0, 0.1) is 6.92 Å². The van der Waals surface area contributed by atoms with Crippen molar-refractivity contribution >= 4 is 34.3 Å². The van der Waals surface area contributed by atoms with Crippen LogP contribution in [0.3, 0.4) is 0 Å². The number of anilines is 1. The molecule has 0 saturated heterocycles. The van der Waals surface area contributed by atoms with Gasteiger partial charge in [0.25, 0.3) is 5.91 Å². The molecule has 0 bridgehead atoms. The van der Waals surface area contributed by atoms with Gasteiger partial charge in [0.2, 0.25) is 0 Å². The number of pyridine rings is 1. The Kier molecular flexibility index (Phi) is 6.18. The van der Waals surface area contributed by atoms with E-state index in [0.29, 0.717) is 5.56 Å². The van der Waals surface area contributed by atoms with Gasteiger partial charge in [0.1, 0.15) is 0 Å². The highest BCUT2D eigenvalue weighted by Gasteiger charge is 2.16. The third-order valence-electron chi connectivity index (χ3n) is 5.10. The number of aryl methyl sites for hydroxylation is 1. The first-order valence-electron chi connectivity index (χ1n) is 9.80. The summed E-state index contributed by atoms with van der Waals surface area (Å²) in [5.74, 6) is -0.0925. The van der Waals surface area contributed by atoms with Crippen molar-refractivity contribution in [3.05, 3.63) is 71.0 Å². The van der Waals surface area contributed by atoms with Crippen molar-refractivity contribution in [3.63, 3.8) is 0 Å². The molecular formula is C24H29N3OS. The lowest BCUT2D eigenvalue weighted by atomic mass is 9.86. The molecule has 1 heterocycles. The number of amides is 1. The Hall–Kier alpha value is -2.53. The van der Waals surface area contributed by atoms with Crippen molar-refractivity contribution in [1.29, 1.82) is 0 Å². The fraction of sp³-hybridized carbons (Fsp3) is 0.333. The maximum atomic E-state index is 12.8. The Morgan fingerprint density at radius 2 is 1.76 bits per heavy atom. The van der Waals surface area contributed by atoms with E-state index in [-0.39, 0.29) is 17.4 Å². The summed E-state index contributed by atoms with van der Waals surface area (Å²) in [4.78, 5) is 17.3. The fourth-order valence-corrected chi connectivity index (χ4v) is 3.67. The zero-order valence-electron chi connectivity index (χ0n) is 18.0. The molecule has 1 atom stereocenters. The van der Waals surface area contributed by atoms with Gasteiger partial charge in [0, 0.05) is 11.8 Å². The van der Waals surface area contributed by atoms with E-state index in [4.69, 9.17) is 0 Å². The third kappa shape index (κ3) is 4.91. The van der Waals surface area contributed by atoms with E-state index in [1.54, 1.807) is 0 Å². The third-order valence-corrected chi connectivity index (χ3v) is 5.53. The lowest BCUT2D eigenvalue weighted by Crippen LogP contribution is -2.27. The molecule has 1 aromatic heterocycles. The number of hydrogen-bond donors (Lipinski definition) is 2. The number of fused-ring (bicyclic) bond motifs is 1. The van der Waals surface area contributed by atoms with Gasteiger partial charge in [-0.1, -0.05) is 57.0 Å². The molecule has 0 unspecified atom stereocenters. The van der Waals surface area contributed by atoms with Crippen LogP contribution in [0.15, 0.2) is 48.7 Å². The summed E-state index contributed by atoms with van der Waals surface area (Å²) in [5.41, 5.74) is 4.99. The lowest BCUT2D eigenvalue weighted by Gasteiger charge is -2.19. The second kappa shape index (κ2) is 8.46. The Morgan fingerprint density at radius 3 is 2.41 bits per heavy atom. The number of nitrogens with one attached hydrogen (secondary N) is 2. The molecule has 29 heavy (non-hydrogen) atoms. The molecule has 152 valence electrons. The zero-order valence-corrected chi connectivity index (χ0v) is 18.8. The molecule has 4 nitrogen and oxygen atoms in total. The fourth-order valence-electron chi connectivity index (χ4n) is 3.24. The summed E-state index contributed by atoms with van der Waals surface area (Å²) in [6, 6.07) is 14.1. The van der Waals surface area contributed by atoms with Crippen LogP contribution in [-0.4, -0.2) is 17.1 Å². The smallest absolute Gasteiger partial charge is 0.251 e. The van der Waals surface area contributed by atoms with Crippen LogP contribution in [0.25, 0.3) is 10.8 Å². The van der Waals surface area contributed by atoms with Gasteiger partial charge in [-0.3, -0.25) is 9.78 Å². The predicted molar refractivity (Wildman–Crippen MR) is 125 cm³/mol. The molecule has 0 aliphatic heterocycles. The van der Waals surface area contributed by atoms with Crippen LogP contribution >= 0.6 is 11.9 Å². The van der Waals surface area contributed by atoms with Crippen LogP contribution in [0.1, 0.15) is 60.9 Å². The Balaban J connectivity index is 1.77. The number of hydrogen-bond acceptors (Lipinski definition) is 4. The minimum absolute atomic E-state index is 0.0925. The second-order valence-corrected chi connectivity index (χ2v) is 9.06. The number of carbonyl (C=O) groups excluding carboxylic acids is 1. The summed E-state index contributed by atoms with van der Waals surface area (Å²) in [5, 5.41) is 5.28. The molecule has 0 spiro atoms. The molecular weight excluding hydrogens is 378 g/mol. The van der Waals surface area contributed by atoms with Crippen molar-refractivity contribution in [2.24, 2.45) is 0 Å². The maximum Gasteiger partial charge on any atom is 0.251 e. The summed E-state index contributed by atoms with van der Waals surface area (Å²) in [6.07, 6.45) is 3.79. The standard InChI is InChI=1S/C24H29N3OS/c1-15-11-21(25-14-22(15)27-29-6)16(2)26-23(28)19-8-7-18-13-20(24(3,4)5)10-9-17(18)12-19/h7-14,16,27H,1-6H3,(H,26,28)/t16-/m1/s1. The van der Waals surface area contributed by atoms with Crippen LogP contribution < -0.4 is 10.0 Å². The van der Waals surface area contributed by atoms with Crippen LogP contribution in [0.4, 0.5) is 5.69 Å². The maximum absolute atomic E-state index is 12.8. The molecule has 0 fully saturated rings. The second-order valence-electron chi connectivity index (χ2n) is 8.45. The molecule has 2 N–H and O–H groups in total. The number of nitrogens with zero attached hydrogens (tertiary/aromatic N) is 1. The molecule has 0 radical (unpaired) electrons. The monoisotopic (exact) mass is 407 g/mol. The quantitative estimate of drug-likeness (QED) is 0.508. The molecule has 3 aromatic rings. The van der Waals surface area contributed by atoms with Gasteiger partial charge in [-0.2, -0.15) is 0 Å². The Bertz CT molecular complexity index is 1040. The van der Waals surface area contributed by atoms with Crippen molar-refractivity contribution in [3.8, 4) is 0 Å². The first-order chi connectivity index (χ1) is 13.7. The average Bonchev–Trinajstić information content (AvgIpc) is 2.68. The van der Waals surface area contributed by atoms with Gasteiger partial charge in [-0.15, -0.1) is 0 Å². The largest absolute Gasteiger partial charge is 0.344 e. The highest BCUT2D eigenvalue weighted by Crippen LogP contribution is 2.27. The average molecular weight is 408 g/mol. The van der Waals surface area contributed by atoms with Crippen molar-refractivity contribution < 1.29 is 4.79 Å². The van der Waals surface area contributed by atoms with Crippen LogP contribution in [0.5, 0.6) is 0 Å². The van der Waals surface area contributed by atoms with E-state index in [9.17, 15) is 4.79 Å². The molecule has 1 amide bonds. The van der Waals surface area contributed by atoms with E-state index >= 15 is 0 Å². The SMILES string of the molecule is CSNc1cnc([C@@H](C)NC(=O)c2ccc3cc(C(C)(C)C)ccc3c2)cc1C. The Morgan fingerprint density at radius 1 is 1.07 bits per heavy atom. The number of carbonyl (C=O) groups is 1. The highest BCUT2D eigenvalue weighted by molar-refractivity contribution is 7.99. The van der Waals surface area contributed by atoms with Gasteiger partial charge in [-0.05, 0) is 59.4 Å². The van der Waals surface area contributed by atoms with Crippen LogP contribution in [0.2, 0.25) is 0 Å². The summed E-state index contributed by atoms with van der Waals surface area (Å²) in [6.45, 7) is 10.6. The first-order valence-corrected chi connectivity index (χ1v) is 11.0. The lowest BCUT2D eigenvalue weighted by molar-refractivity contribution is 0.0939. The minimum atomic E-state index is -0.177. The minimum Gasteiger partial charge on any atom is -0.344 e. The van der Waals surface area contributed by atoms with Gasteiger partial charge in [0.05, 0.1) is 23.6 Å². The van der Waals surface area contributed by atoms with E-state index in [0.717, 1.165) is 27.7 Å². The van der Waals surface area contributed by atoms with Crippen LogP contribution in [-0.2, 0) is 5.41 Å². The van der Waals surface area contributed by atoms with E-state index < -0.39 is 0 Å². The summed E-state index contributed by atoms with van der Waals surface area (Å²) >= 11 is 1.53. The first kappa shape index (κ1) is 21.2. The number of benzene rings is 2. The molecule has 5 heteroatoms. The van der Waals surface area contributed by atoms with Gasteiger partial charge in [-0.25, -0.2) is 0 Å². The molecule has 0 saturated carbocycles. The van der Waals surface area contributed by atoms with Crippen molar-refractivity contribution in [2.75, 3.05) is 11.0 Å². The zero-order chi connectivity index (χ0) is 21.2. The van der Waals surface area contributed by atoms with Crippen molar-refractivity contribution in [2.45, 2.75) is 46.1 Å². The number of rotatable bonds is 5. The summed E-state index contributed by atoms with van der Waals surface area (Å²) < 4.78 is 3.21. The number of aromatic nitrogens is 1. The molecule has 0 aliphatic carbocycles. The normalized spacial score (nSPS) is 12.6. The molecule has 3 rings (SSSR count).